The molecular formula is C18H15N3O2S. The Bertz CT molecular complexity index is 979. The van der Waals surface area contributed by atoms with Crippen LogP contribution in [-0.2, 0) is 11.3 Å². The zero-order valence-corrected chi connectivity index (χ0v) is 13.7. The van der Waals surface area contributed by atoms with Gasteiger partial charge in [0.25, 0.3) is 0 Å². The molecule has 2 heterocycles. The van der Waals surface area contributed by atoms with Crippen molar-refractivity contribution >= 4 is 44.6 Å². The molecule has 0 saturated carbocycles. The average molecular weight is 337 g/mol. The third-order valence-electron chi connectivity index (χ3n) is 4.01. The summed E-state index contributed by atoms with van der Waals surface area (Å²) in [7, 11) is 0. The molecule has 2 aromatic carbocycles. The predicted molar refractivity (Wildman–Crippen MR) is 98.6 cm³/mol. The molecule has 5 nitrogen and oxygen atoms in total. The van der Waals surface area contributed by atoms with E-state index in [9.17, 15) is 9.59 Å². The van der Waals surface area contributed by atoms with Gasteiger partial charge >= 0.3 is 0 Å². The Balaban J connectivity index is 1.84. The molecule has 6 heteroatoms. The van der Waals surface area contributed by atoms with E-state index in [0.29, 0.717) is 15.9 Å². The fourth-order valence-corrected chi connectivity index (χ4v) is 3.70. The van der Waals surface area contributed by atoms with Crippen LogP contribution in [0.3, 0.4) is 0 Å². The smallest absolute Gasteiger partial charge is 0.245 e. The minimum atomic E-state index is -0.137. The lowest BCUT2D eigenvalue weighted by Gasteiger charge is -2.14. The number of benzene rings is 2. The van der Waals surface area contributed by atoms with Gasteiger partial charge in [-0.1, -0.05) is 36.0 Å². The number of amides is 1. The number of nitrogens with zero attached hydrogens (tertiary/aromatic N) is 2. The molecule has 4 rings (SSSR count). The second-order valence-electron chi connectivity index (χ2n) is 5.53. The van der Waals surface area contributed by atoms with Gasteiger partial charge in [0.15, 0.2) is 10.6 Å². The summed E-state index contributed by atoms with van der Waals surface area (Å²) in [6.45, 7) is 0.880. The first kappa shape index (κ1) is 15.0. The van der Waals surface area contributed by atoms with Crippen LogP contribution in [0.25, 0.3) is 21.8 Å². The van der Waals surface area contributed by atoms with Gasteiger partial charge in [0.1, 0.15) is 6.54 Å². The number of hydrogen-bond donors (Lipinski definition) is 1. The number of amidine groups is 1. The van der Waals surface area contributed by atoms with E-state index in [2.05, 4.69) is 10.3 Å². The van der Waals surface area contributed by atoms with Crippen LogP contribution in [0.15, 0.2) is 58.3 Å². The lowest BCUT2D eigenvalue weighted by Crippen LogP contribution is -2.31. The summed E-state index contributed by atoms with van der Waals surface area (Å²) in [5.41, 5.74) is 1.52. The summed E-state index contributed by atoms with van der Waals surface area (Å²) in [5.74, 6) is 0.765. The predicted octanol–water partition coefficient (Wildman–Crippen LogP) is 2.37. The number of pyridine rings is 1. The average Bonchev–Trinajstić information content (AvgIpc) is 3.11. The lowest BCUT2D eigenvalue weighted by molar-refractivity contribution is -0.120. The Labute approximate surface area is 142 Å². The van der Waals surface area contributed by atoms with Gasteiger partial charge in [0.05, 0.1) is 17.6 Å². The molecule has 1 aromatic heterocycles. The summed E-state index contributed by atoms with van der Waals surface area (Å²) >= 11 is 1.55. The van der Waals surface area contributed by atoms with E-state index in [1.165, 1.54) is 0 Å². The monoisotopic (exact) mass is 337 g/mol. The van der Waals surface area contributed by atoms with E-state index in [-0.39, 0.29) is 17.9 Å². The molecule has 0 bridgehead atoms. The molecule has 3 aromatic rings. The van der Waals surface area contributed by atoms with Crippen molar-refractivity contribution in [3.63, 3.8) is 0 Å². The summed E-state index contributed by atoms with van der Waals surface area (Å²) in [6, 6.07) is 14.8. The van der Waals surface area contributed by atoms with Crippen LogP contribution in [0.1, 0.15) is 0 Å². The minimum absolute atomic E-state index is 0.00594. The molecule has 1 N–H and O–H groups in total. The molecule has 1 aliphatic rings. The molecule has 1 aliphatic heterocycles. The van der Waals surface area contributed by atoms with Gasteiger partial charge in [0, 0.05) is 16.5 Å². The third-order valence-corrected chi connectivity index (χ3v) is 4.90. The number of hydrogen-bond acceptors (Lipinski definition) is 4. The van der Waals surface area contributed by atoms with E-state index in [1.54, 1.807) is 23.9 Å². The zero-order chi connectivity index (χ0) is 16.5. The Hall–Kier alpha value is -2.60. The summed E-state index contributed by atoms with van der Waals surface area (Å²) in [5, 5.41) is 4.77. The van der Waals surface area contributed by atoms with Crippen molar-refractivity contribution in [3.05, 3.63) is 58.8 Å². The Morgan fingerprint density at radius 1 is 1.08 bits per heavy atom. The first-order valence-corrected chi connectivity index (χ1v) is 8.70. The number of carbonyl (C=O) groups excluding carboxylic acids is 1. The van der Waals surface area contributed by atoms with Gasteiger partial charge < -0.3 is 9.88 Å². The molecular weight excluding hydrogens is 322 g/mol. The highest BCUT2D eigenvalue weighted by Crippen LogP contribution is 2.19. The Morgan fingerprint density at radius 2 is 1.71 bits per heavy atom. The Kier molecular flexibility index (Phi) is 3.82. The van der Waals surface area contributed by atoms with Gasteiger partial charge in [0.2, 0.25) is 5.91 Å². The highest BCUT2D eigenvalue weighted by molar-refractivity contribution is 8.14. The van der Waals surface area contributed by atoms with Crippen LogP contribution in [0, 0.1) is 0 Å². The van der Waals surface area contributed by atoms with Gasteiger partial charge in [-0.05, 0) is 24.3 Å². The standard InChI is InChI=1S/C18H15N3O2S/c22-16(20-18-19-9-10-24-18)11-21-14-7-3-1-5-12(14)17(23)13-6-2-4-8-15(13)21/h1-8H,9-11H2,(H,19,20,22). The molecule has 0 unspecified atom stereocenters. The van der Waals surface area contributed by atoms with Gasteiger partial charge in [-0.2, -0.15) is 0 Å². The SMILES string of the molecule is O=C(Cn1c2ccccc2c(=O)c2ccccc21)NC1=NCCS1. The molecule has 120 valence electrons. The number of carbonyl (C=O) groups is 1. The van der Waals surface area contributed by atoms with E-state index < -0.39 is 0 Å². The molecule has 0 atom stereocenters. The van der Waals surface area contributed by atoms with Crippen molar-refractivity contribution in [1.29, 1.82) is 0 Å². The number of rotatable bonds is 2. The molecule has 0 radical (unpaired) electrons. The van der Waals surface area contributed by atoms with Crippen LogP contribution in [0.5, 0.6) is 0 Å². The fourth-order valence-electron chi connectivity index (χ4n) is 2.96. The van der Waals surface area contributed by atoms with Crippen LogP contribution >= 0.6 is 11.8 Å². The number of aromatic nitrogens is 1. The van der Waals surface area contributed by atoms with Crippen LogP contribution in [0.2, 0.25) is 0 Å². The summed E-state index contributed by atoms with van der Waals surface area (Å²) in [6.07, 6.45) is 0. The van der Waals surface area contributed by atoms with Crippen molar-refractivity contribution in [2.75, 3.05) is 12.3 Å². The number of aliphatic imine (C=N–C) groups is 1. The quantitative estimate of drug-likeness (QED) is 0.730. The van der Waals surface area contributed by atoms with Crippen molar-refractivity contribution < 1.29 is 4.79 Å². The van der Waals surface area contributed by atoms with E-state index in [0.717, 1.165) is 23.3 Å². The highest BCUT2D eigenvalue weighted by Gasteiger charge is 2.15. The molecule has 24 heavy (non-hydrogen) atoms. The number of thioether (sulfide) groups is 1. The fraction of sp³-hybridized carbons (Fsp3) is 0.167. The van der Waals surface area contributed by atoms with Crippen LogP contribution in [0.4, 0.5) is 0 Å². The second-order valence-corrected chi connectivity index (χ2v) is 6.62. The van der Waals surface area contributed by atoms with Crippen LogP contribution < -0.4 is 10.7 Å². The van der Waals surface area contributed by atoms with E-state index in [4.69, 9.17) is 0 Å². The molecule has 0 fully saturated rings. The van der Waals surface area contributed by atoms with Gasteiger partial charge in [-0.25, -0.2) is 0 Å². The normalized spacial score (nSPS) is 14.1. The maximum Gasteiger partial charge on any atom is 0.245 e. The number of fused-ring (bicyclic) bond motifs is 2. The first-order valence-electron chi connectivity index (χ1n) is 7.71. The third kappa shape index (κ3) is 2.59. The first-order chi connectivity index (χ1) is 11.7. The van der Waals surface area contributed by atoms with E-state index in [1.807, 2.05) is 41.0 Å². The van der Waals surface area contributed by atoms with Crippen molar-refractivity contribution in [3.8, 4) is 0 Å². The molecule has 0 aliphatic carbocycles. The maximum absolute atomic E-state index is 12.7. The Morgan fingerprint density at radius 3 is 2.29 bits per heavy atom. The largest absolute Gasteiger partial charge is 0.331 e. The summed E-state index contributed by atoms with van der Waals surface area (Å²) in [4.78, 5) is 29.3. The molecule has 0 spiro atoms. The van der Waals surface area contributed by atoms with E-state index >= 15 is 0 Å². The maximum atomic E-state index is 12.7. The second kappa shape index (κ2) is 6.13. The molecule has 1 amide bonds. The van der Waals surface area contributed by atoms with Gasteiger partial charge in [-0.3, -0.25) is 14.6 Å². The molecule has 0 saturated heterocycles. The minimum Gasteiger partial charge on any atom is -0.331 e. The van der Waals surface area contributed by atoms with Crippen molar-refractivity contribution in [2.45, 2.75) is 6.54 Å². The summed E-state index contributed by atoms with van der Waals surface area (Å²) < 4.78 is 1.89. The lowest BCUT2D eigenvalue weighted by atomic mass is 10.1. The van der Waals surface area contributed by atoms with Crippen molar-refractivity contribution in [1.82, 2.24) is 9.88 Å². The van der Waals surface area contributed by atoms with Gasteiger partial charge in [-0.15, -0.1) is 0 Å². The van der Waals surface area contributed by atoms with Crippen LogP contribution in [-0.4, -0.2) is 27.9 Å². The van der Waals surface area contributed by atoms with Crippen molar-refractivity contribution in [2.24, 2.45) is 4.99 Å². The number of para-hydroxylation sites is 2. The zero-order valence-electron chi connectivity index (χ0n) is 12.9. The highest BCUT2D eigenvalue weighted by atomic mass is 32.2. The number of nitrogens with one attached hydrogen (secondary N) is 1. The topological polar surface area (TPSA) is 63.5 Å².